The molecule has 0 radical (unpaired) electrons. The fourth-order valence-electron chi connectivity index (χ4n) is 3.37. The first-order valence-electron chi connectivity index (χ1n) is 7.61. The van der Waals surface area contributed by atoms with Gasteiger partial charge in [-0.05, 0) is 39.8 Å². The van der Waals surface area contributed by atoms with Gasteiger partial charge < -0.3 is 14.8 Å². The highest BCUT2D eigenvalue weighted by Crippen LogP contribution is 2.44. The Bertz CT molecular complexity index is 425. The van der Waals surface area contributed by atoms with Crippen molar-refractivity contribution in [3.05, 3.63) is 29.8 Å². The molecular weight excluding hydrogens is 250 g/mol. The van der Waals surface area contributed by atoms with Crippen molar-refractivity contribution in [2.45, 2.75) is 57.3 Å². The van der Waals surface area contributed by atoms with Crippen molar-refractivity contribution >= 4 is 0 Å². The SMILES string of the molecule is CNC(c1ccccc1OC(C)C)C1(OC)CCCC1. The molecule has 0 saturated heterocycles. The number of likely N-dealkylation sites (N-methyl/N-ethyl adjacent to an activating group) is 1. The average molecular weight is 277 g/mol. The Kier molecular flexibility index (Phi) is 5.06. The fourth-order valence-corrected chi connectivity index (χ4v) is 3.37. The largest absolute Gasteiger partial charge is 0.491 e. The molecule has 1 N–H and O–H groups in total. The lowest BCUT2D eigenvalue weighted by Gasteiger charge is -2.37. The smallest absolute Gasteiger partial charge is 0.124 e. The molecule has 1 saturated carbocycles. The molecule has 3 nitrogen and oxygen atoms in total. The van der Waals surface area contributed by atoms with Gasteiger partial charge >= 0.3 is 0 Å². The van der Waals surface area contributed by atoms with E-state index in [1.807, 2.05) is 20.2 Å². The van der Waals surface area contributed by atoms with E-state index in [1.165, 1.54) is 18.4 Å². The van der Waals surface area contributed by atoms with Crippen LogP contribution in [0.5, 0.6) is 5.75 Å². The monoisotopic (exact) mass is 277 g/mol. The first-order chi connectivity index (χ1) is 9.63. The van der Waals surface area contributed by atoms with Crippen LogP contribution in [-0.2, 0) is 4.74 Å². The highest BCUT2D eigenvalue weighted by Gasteiger charge is 2.42. The van der Waals surface area contributed by atoms with E-state index in [0.717, 1.165) is 18.6 Å². The van der Waals surface area contributed by atoms with Gasteiger partial charge in [0, 0.05) is 12.7 Å². The second-order valence-corrected chi connectivity index (χ2v) is 5.90. The van der Waals surface area contributed by atoms with Crippen LogP contribution in [0.4, 0.5) is 0 Å². The molecule has 20 heavy (non-hydrogen) atoms. The molecule has 0 heterocycles. The van der Waals surface area contributed by atoms with E-state index < -0.39 is 0 Å². The highest BCUT2D eigenvalue weighted by atomic mass is 16.5. The maximum atomic E-state index is 5.98. The van der Waals surface area contributed by atoms with E-state index in [1.54, 1.807) is 0 Å². The molecule has 1 atom stereocenters. The second kappa shape index (κ2) is 6.59. The molecule has 3 heteroatoms. The van der Waals surface area contributed by atoms with Crippen molar-refractivity contribution in [1.82, 2.24) is 5.32 Å². The van der Waals surface area contributed by atoms with E-state index >= 15 is 0 Å². The van der Waals surface area contributed by atoms with Gasteiger partial charge in [-0.15, -0.1) is 0 Å². The van der Waals surface area contributed by atoms with E-state index in [4.69, 9.17) is 9.47 Å². The number of methoxy groups -OCH3 is 1. The first kappa shape index (κ1) is 15.3. The fraction of sp³-hybridized carbons (Fsp3) is 0.647. The minimum Gasteiger partial charge on any atom is -0.491 e. The molecule has 0 spiro atoms. The Morgan fingerprint density at radius 1 is 1.15 bits per heavy atom. The van der Waals surface area contributed by atoms with Gasteiger partial charge in [-0.25, -0.2) is 0 Å². The summed E-state index contributed by atoms with van der Waals surface area (Å²) in [6.07, 6.45) is 4.85. The van der Waals surface area contributed by atoms with Gasteiger partial charge in [-0.3, -0.25) is 0 Å². The van der Waals surface area contributed by atoms with Crippen LogP contribution in [-0.4, -0.2) is 25.9 Å². The zero-order valence-electron chi connectivity index (χ0n) is 13.1. The molecule has 1 unspecified atom stereocenters. The minimum atomic E-state index is -0.106. The Labute approximate surface area is 122 Å². The summed E-state index contributed by atoms with van der Waals surface area (Å²) in [6.45, 7) is 4.12. The number of hydrogen-bond acceptors (Lipinski definition) is 3. The minimum absolute atomic E-state index is 0.106. The van der Waals surface area contributed by atoms with Crippen molar-refractivity contribution in [2.24, 2.45) is 0 Å². The summed E-state index contributed by atoms with van der Waals surface area (Å²) >= 11 is 0. The average Bonchev–Trinajstić information content (AvgIpc) is 2.91. The summed E-state index contributed by atoms with van der Waals surface area (Å²) in [6, 6.07) is 8.48. The number of rotatable bonds is 6. The molecule has 1 aromatic carbocycles. The topological polar surface area (TPSA) is 30.5 Å². The molecule has 1 aromatic rings. The summed E-state index contributed by atoms with van der Waals surface area (Å²) in [5, 5.41) is 3.46. The second-order valence-electron chi connectivity index (χ2n) is 5.90. The highest BCUT2D eigenvalue weighted by molar-refractivity contribution is 5.38. The van der Waals surface area contributed by atoms with Crippen LogP contribution in [0.2, 0.25) is 0 Å². The zero-order valence-corrected chi connectivity index (χ0v) is 13.1. The Hall–Kier alpha value is -1.06. The number of ether oxygens (including phenoxy) is 2. The molecule has 0 aromatic heterocycles. The van der Waals surface area contributed by atoms with Gasteiger partial charge in [-0.1, -0.05) is 31.0 Å². The summed E-state index contributed by atoms with van der Waals surface area (Å²) < 4.78 is 11.9. The van der Waals surface area contributed by atoms with Crippen molar-refractivity contribution in [3.63, 3.8) is 0 Å². The molecule has 1 aliphatic rings. The predicted octanol–water partition coefficient (Wildman–Crippen LogP) is 3.69. The molecule has 2 rings (SSSR count). The molecular formula is C17H27NO2. The van der Waals surface area contributed by atoms with E-state index in [0.29, 0.717) is 0 Å². The summed E-state index contributed by atoms with van der Waals surface area (Å²) in [4.78, 5) is 0. The van der Waals surface area contributed by atoms with Crippen LogP contribution in [0.1, 0.15) is 51.1 Å². The Morgan fingerprint density at radius 3 is 2.35 bits per heavy atom. The third-order valence-electron chi connectivity index (χ3n) is 4.26. The number of hydrogen-bond donors (Lipinski definition) is 1. The van der Waals surface area contributed by atoms with Gasteiger partial charge in [-0.2, -0.15) is 0 Å². The van der Waals surface area contributed by atoms with Gasteiger partial charge in [0.15, 0.2) is 0 Å². The summed E-state index contributed by atoms with van der Waals surface area (Å²) in [5.41, 5.74) is 1.10. The van der Waals surface area contributed by atoms with Crippen LogP contribution < -0.4 is 10.1 Å². The molecule has 1 fully saturated rings. The molecule has 112 valence electrons. The van der Waals surface area contributed by atoms with E-state index in [2.05, 4.69) is 37.4 Å². The lowest BCUT2D eigenvalue weighted by Crippen LogP contribution is -2.42. The van der Waals surface area contributed by atoms with Crippen molar-refractivity contribution in [1.29, 1.82) is 0 Å². The van der Waals surface area contributed by atoms with Gasteiger partial charge in [0.25, 0.3) is 0 Å². The van der Waals surface area contributed by atoms with Crippen LogP contribution >= 0.6 is 0 Å². The Balaban J connectivity index is 2.36. The van der Waals surface area contributed by atoms with Gasteiger partial charge in [0.1, 0.15) is 5.75 Å². The molecule has 1 aliphatic carbocycles. The molecule has 0 aliphatic heterocycles. The lowest BCUT2D eigenvalue weighted by molar-refractivity contribution is -0.0356. The third kappa shape index (κ3) is 2.99. The Morgan fingerprint density at radius 2 is 1.80 bits per heavy atom. The van der Waals surface area contributed by atoms with Crippen LogP contribution in [0, 0.1) is 0 Å². The van der Waals surface area contributed by atoms with Crippen LogP contribution in [0.15, 0.2) is 24.3 Å². The van der Waals surface area contributed by atoms with Crippen LogP contribution in [0.25, 0.3) is 0 Å². The van der Waals surface area contributed by atoms with Gasteiger partial charge in [0.2, 0.25) is 0 Å². The number of benzene rings is 1. The molecule has 0 bridgehead atoms. The van der Waals surface area contributed by atoms with Crippen LogP contribution in [0.3, 0.4) is 0 Å². The number of para-hydroxylation sites is 1. The third-order valence-corrected chi connectivity index (χ3v) is 4.26. The summed E-state index contributed by atoms with van der Waals surface area (Å²) in [7, 11) is 3.84. The normalized spacial score (nSPS) is 19.2. The van der Waals surface area contributed by atoms with E-state index in [9.17, 15) is 0 Å². The molecule has 0 amide bonds. The maximum absolute atomic E-state index is 5.98. The number of nitrogens with one attached hydrogen (secondary N) is 1. The lowest BCUT2D eigenvalue weighted by atomic mass is 9.86. The summed E-state index contributed by atoms with van der Waals surface area (Å²) in [5.74, 6) is 0.963. The predicted molar refractivity (Wildman–Crippen MR) is 82.2 cm³/mol. The van der Waals surface area contributed by atoms with Crippen molar-refractivity contribution in [2.75, 3.05) is 14.2 Å². The standard InChI is InChI=1S/C17H27NO2/c1-13(2)20-15-10-6-5-9-14(15)16(18-3)17(19-4)11-7-8-12-17/h5-6,9-10,13,16,18H,7-8,11-12H2,1-4H3. The van der Waals surface area contributed by atoms with Crippen molar-refractivity contribution < 1.29 is 9.47 Å². The zero-order chi connectivity index (χ0) is 14.6. The quantitative estimate of drug-likeness (QED) is 0.860. The maximum Gasteiger partial charge on any atom is 0.124 e. The van der Waals surface area contributed by atoms with E-state index in [-0.39, 0.29) is 17.7 Å². The first-order valence-corrected chi connectivity index (χ1v) is 7.61. The van der Waals surface area contributed by atoms with Crippen molar-refractivity contribution in [3.8, 4) is 5.75 Å². The van der Waals surface area contributed by atoms with Gasteiger partial charge in [0.05, 0.1) is 17.7 Å².